The number of rotatable bonds is 7. The Bertz CT molecular complexity index is 915. The van der Waals surface area contributed by atoms with Crippen LogP contribution in [0.15, 0.2) is 58.2 Å². The number of hydrogen-bond acceptors (Lipinski definition) is 6. The average molecular weight is 387 g/mol. The van der Waals surface area contributed by atoms with Crippen molar-refractivity contribution in [2.45, 2.75) is 11.8 Å². The van der Waals surface area contributed by atoms with Gasteiger partial charge >= 0.3 is 0 Å². The summed E-state index contributed by atoms with van der Waals surface area (Å²) in [7, 11) is 3.27. The number of methoxy groups -OCH3 is 1. The molecule has 1 amide bonds. The molecule has 0 fully saturated rings. The lowest BCUT2D eigenvalue weighted by molar-refractivity contribution is -0.127. The molecule has 0 saturated carbocycles. The normalized spacial score (nSPS) is 10.6. The molecule has 0 aliphatic carbocycles. The molecule has 3 aromatic rings. The number of nitrogens with zero attached hydrogens (tertiary/aromatic N) is 3. The first-order valence-electron chi connectivity index (χ1n) is 8.14. The molecule has 0 spiro atoms. The third kappa shape index (κ3) is 5.07. The minimum absolute atomic E-state index is 0.117. The molecule has 8 heteroatoms. The van der Waals surface area contributed by atoms with E-state index in [-0.39, 0.29) is 17.5 Å². The highest BCUT2D eigenvalue weighted by molar-refractivity contribution is 7.99. The van der Waals surface area contributed by atoms with E-state index in [2.05, 4.69) is 10.2 Å². The molecule has 0 aliphatic rings. The van der Waals surface area contributed by atoms with E-state index >= 15 is 0 Å². The van der Waals surface area contributed by atoms with Gasteiger partial charge < -0.3 is 14.1 Å². The quantitative estimate of drug-likeness (QED) is 0.577. The monoisotopic (exact) mass is 387 g/mol. The van der Waals surface area contributed by atoms with Crippen LogP contribution in [-0.4, -0.2) is 40.9 Å². The predicted octanol–water partition coefficient (Wildman–Crippen LogP) is 3.64. The first-order chi connectivity index (χ1) is 13.0. The summed E-state index contributed by atoms with van der Waals surface area (Å²) in [5.74, 6) is 0.824. The molecular formula is C19H18FN3O3S. The molecule has 0 radical (unpaired) electrons. The zero-order valence-corrected chi connectivity index (χ0v) is 15.7. The van der Waals surface area contributed by atoms with Gasteiger partial charge in [-0.1, -0.05) is 23.9 Å². The molecule has 27 heavy (non-hydrogen) atoms. The second-order valence-electron chi connectivity index (χ2n) is 5.77. The Labute approximate surface area is 160 Å². The van der Waals surface area contributed by atoms with Crippen molar-refractivity contribution < 1.29 is 18.3 Å². The molecule has 2 aromatic carbocycles. The van der Waals surface area contributed by atoms with E-state index in [1.807, 2.05) is 12.1 Å². The molecule has 1 heterocycles. The van der Waals surface area contributed by atoms with E-state index < -0.39 is 0 Å². The number of aromatic nitrogens is 2. The molecule has 0 unspecified atom stereocenters. The number of halogens is 1. The molecule has 140 valence electrons. The average Bonchev–Trinajstić information content (AvgIpc) is 3.15. The van der Waals surface area contributed by atoms with Gasteiger partial charge in [0.1, 0.15) is 11.6 Å². The zero-order chi connectivity index (χ0) is 19.2. The lowest BCUT2D eigenvalue weighted by Crippen LogP contribution is -2.27. The van der Waals surface area contributed by atoms with Crippen LogP contribution in [0.3, 0.4) is 0 Å². The van der Waals surface area contributed by atoms with E-state index in [0.717, 1.165) is 28.6 Å². The van der Waals surface area contributed by atoms with Crippen molar-refractivity contribution >= 4 is 17.7 Å². The number of thioether (sulfide) groups is 1. The van der Waals surface area contributed by atoms with Crippen molar-refractivity contribution in [1.29, 1.82) is 0 Å². The van der Waals surface area contributed by atoms with E-state index in [9.17, 15) is 9.18 Å². The van der Waals surface area contributed by atoms with Crippen LogP contribution in [0, 0.1) is 5.82 Å². The molecule has 0 N–H and O–H groups in total. The summed E-state index contributed by atoms with van der Waals surface area (Å²) in [5.41, 5.74) is 1.50. The van der Waals surface area contributed by atoms with Gasteiger partial charge in [-0.3, -0.25) is 4.79 Å². The first-order valence-corrected chi connectivity index (χ1v) is 9.13. The Morgan fingerprint density at radius 3 is 2.70 bits per heavy atom. The second-order valence-corrected chi connectivity index (χ2v) is 6.70. The van der Waals surface area contributed by atoms with Gasteiger partial charge in [0.05, 0.1) is 12.9 Å². The van der Waals surface area contributed by atoms with Crippen molar-refractivity contribution in [3.63, 3.8) is 0 Å². The number of benzene rings is 2. The molecule has 1 aromatic heterocycles. The Morgan fingerprint density at radius 2 is 2.00 bits per heavy atom. The summed E-state index contributed by atoms with van der Waals surface area (Å²) in [4.78, 5) is 13.8. The summed E-state index contributed by atoms with van der Waals surface area (Å²) in [6.45, 7) is 0.331. The summed E-state index contributed by atoms with van der Waals surface area (Å²) in [6.07, 6.45) is 0. The van der Waals surface area contributed by atoms with Crippen molar-refractivity contribution in [2.75, 3.05) is 19.9 Å². The van der Waals surface area contributed by atoms with Crippen molar-refractivity contribution in [1.82, 2.24) is 15.1 Å². The van der Waals surface area contributed by atoms with Crippen LogP contribution in [0.2, 0.25) is 0 Å². The molecule has 0 saturated heterocycles. The van der Waals surface area contributed by atoms with Gasteiger partial charge in [0.25, 0.3) is 5.22 Å². The van der Waals surface area contributed by atoms with Gasteiger partial charge in [-0.15, -0.1) is 10.2 Å². The smallest absolute Gasteiger partial charge is 0.277 e. The van der Waals surface area contributed by atoms with Crippen LogP contribution < -0.4 is 4.74 Å². The number of carbonyl (C=O) groups is 1. The van der Waals surface area contributed by atoms with E-state index in [1.165, 1.54) is 17.0 Å². The second kappa shape index (κ2) is 8.68. The van der Waals surface area contributed by atoms with Crippen molar-refractivity contribution in [2.24, 2.45) is 0 Å². The number of carbonyl (C=O) groups excluding carboxylic acids is 1. The SMILES string of the molecule is COc1ccc(-c2nnc(SCC(=O)N(C)Cc3cccc(F)c3)o2)cc1. The highest BCUT2D eigenvalue weighted by atomic mass is 32.2. The van der Waals surface area contributed by atoms with Gasteiger partial charge in [-0.2, -0.15) is 0 Å². The van der Waals surface area contributed by atoms with Crippen LogP contribution in [0.4, 0.5) is 4.39 Å². The molecule has 0 atom stereocenters. The molecule has 6 nitrogen and oxygen atoms in total. The Kier molecular flexibility index (Phi) is 6.08. The van der Waals surface area contributed by atoms with Gasteiger partial charge in [0.15, 0.2) is 0 Å². The van der Waals surface area contributed by atoms with Gasteiger partial charge in [0.2, 0.25) is 11.8 Å². The standard InChI is InChI=1S/C19H18FN3O3S/c1-23(11-13-4-3-5-15(20)10-13)17(24)12-27-19-22-21-18(26-19)14-6-8-16(25-2)9-7-14/h3-10H,11-12H2,1-2H3. The molecule has 0 aliphatic heterocycles. The molecule has 3 rings (SSSR count). The van der Waals surface area contributed by atoms with Crippen molar-refractivity contribution in [3.05, 3.63) is 59.9 Å². The fraction of sp³-hybridized carbons (Fsp3) is 0.211. The number of ether oxygens (including phenoxy) is 1. The van der Waals surface area contributed by atoms with E-state index in [1.54, 1.807) is 38.4 Å². The lowest BCUT2D eigenvalue weighted by Gasteiger charge is -2.16. The largest absolute Gasteiger partial charge is 0.497 e. The van der Waals surface area contributed by atoms with Crippen LogP contribution >= 0.6 is 11.8 Å². The summed E-state index contributed by atoms with van der Waals surface area (Å²) >= 11 is 1.16. The lowest BCUT2D eigenvalue weighted by atomic mass is 10.2. The molecular weight excluding hydrogens is 369 g/mol. The number of amides is 1. The summed E-state index contributed by atoms with van der Waals surface area (Å²) in [5, 5.41) is 8.27. The minimum atomic E-state index is -0.320. The van der Waals surface area contributed by atoms with Crippen molar-refractivity contribution in [3.8, 4) is 17.2 Å². The predicted molar refractivity (Wildman–Crippen MR) is 99.9 cm³/mol. The minimum Gasteiger partial charge on any atom is -0.497 e. The highest BCUT2D eigenvalue weighted by Crippen LogP contribution is 2.25. The third-order valence-corrected chi connectivity index (χ3v) is 4.60. The van der Waals surface area contributed by atoms with Gasteiger partial charge in [-0.05, 0) is 42.0 Å². The van der Waals surface area contributed by atoms with E-state index in [4.69, 9.17) is 9.15 Å². The Hall–Kier alpha value is -2.87. The Balaban J connectivity index is 1.55. The third-order valence-electron chi connectivity index (χ3n) is 3.80. The fourth-order valence-electron chi connectivity index (χ4n) is 2.35. The van der Waals surface area contributed by atoms with E-state index in [0.29, 0.717) is 17.7 Å². The summed E-state index contributed by atoms with van der Waals surface area (Å²) in [6, 6.07) is 13.4. The first kappa shape index (κ1) is 18.9. The topological polar surface area (TPSA) is 68.5 Å². The van der Waals surface area contributed by atoms with Crippen LogP contribution in [0.5, 0.6) is 5.75 Å². The van der Waals surface area contributed by atoms with Crippen LogP contribution in [0.25, 0.3) is 11.5 Å². The number of hydrogen-bond donors (Lipinski definition) is 0. The fourth-order valence-corrected chi connectivity index (χ4v) is 3.05. The van der Waals surface area contributed by atoms with Gasteiger partial charge in [0, 0.05) is 19.2 Å². The molecule has 0 bridgehead atoms. The maximum atomic E-state index is 13.2. The maximum absolute atomic E-state index is 13.2. The zero-order valence-electron chi connectivity index (χ0n) is 14.9. The highest BCUT2D eigenvalue weighted by Gasteiger charge is 2.14. The van der Waals surface area contributed by atoms with Crippen LogP contribution in [0.1, 0.15) is 5.56 Å². The Morgan fingerprint density at radius 1 is 1.22 bits per heavy atom. The summed E-state index contributed by atoms with van der Waals surface area (Å²) < 4.78 is 23.9. The maximum Gasteiger partial charge on any atom is 0.277 e. The van der Waals surface area contributed by atoms with Gasteiger partial charge in [-0.25, -0.2) is 4.39 Å². The van der Waals surface area contributed by atoms with Crippen LogP contribution in [-0.2, 0) is 11.3 Å².